The van der Waals surface area contributed by atoms with Crippen LogP contribution in [0.4, 0.5) is 0 Å². The van der Waals surface area contributed by atoms with Gasteiger partial charge >= 0.3 is 0 Å². The van der Waals surface area contributed by atoms with Gasteiger partial charge in [0.1, 0.15) is 0 Å². The first-order valence-electron chi connectivity index (χ1n) is 5.84. The van der Waals surface area contributed by atoms with Gasteiger partial charge in [0.05, 0.1) is 5.60 Å². The maximum Gasteiger partial charge on any atom is 0.0683 e. The Hall–Kier alpha value is -0.0400. The van der Waals surface area contributed by atoms with Crippen LogP contribution in [0.15, 0.2) is 0 Å². The Balaban J connectivity index is 1.94. The van der Waals surface area contributed by atoms with E-state index in [0.29, 0.717) is 11.8 Å². The van der Waals surface area contributed by atoms with E-state index in [4.69, 9.17) is 0 Å². The van der Waals surface area contributed by atoms with E-state index in [-0.39, 0.29) is 5.60 Å². The lowest BCUT2D eigenvalue weighted by atomic mass is 9.54. The second-order valence-corrected chi connectivity index (χ2v) is 5.56. The summed E-state index contributed by atoms with van der Waals surface area (Å²) in [5, 5.41) is 10.4. The molecule has 13 heavy (non-hydrogen) atoms. The molecule has 2 rings (SSSR count). The van der Waals surface area contributed by atoms with Gasteiger partial charge in [-0.25, -0.2) is 0 Å². The van der Waals surface area contributed by atoms with E-state index in [1.54, 1.807) is 0 Å². The fourth-order valence-electron chi connectivity index (χ4n) is 3.55. The summed E-state index contributed by atoms with van der Waals surface area (Å²) in [4.78, 5) is 0. The molecule has 0 aromatic carbocycles. The molecule has 0 spiro atoms. The first kappa shape index (κ1) is 9.51. The third-order valence-corrected chi connectivity index (χ3v) is 3.98. The first-order chi connectivity index (χ1) is 6.12. The van der Waals surface area contributed by atoms with Crippen LogP contribution in [0.5, 0.6) is 0 Å². The van der Waals surface area contributed by atoms with Gasteiger partial charge in [0.25, 0.3) is 0 Å². The van der Waals surface area contributed by atoms with Gasteiger partial charge in [-0.3, -0.25) is 0 Å². The van der Waals surface area contributed by atoms with Crippen LogP contribution in [0.2, 0.25) is 0 Å². The molecule has 2 aliphatic rings. The van der Waals surface area contributed by atoms with Crippen LogP contribution in [-0.2, 0) is 0 Å². The molecule has 2 fully saturated rings. The number of hydrogen-bond donors (Lipinski definition) is 1. The minimum absolute atomic E-state index is 0.265. The van der Waals surface area contributed by atoms with Crippen LogP contribution in [0.1, 0.15) is 52.4 Å². The third kappa shape index (κ3) is 1.63. The van der Waals surface area contributed by atoms with E-state index in [1.165, 1.54) is 25.7 Å². The predicted molar refractivity (Wildman–Crippen MR) is 54.5 cm³/mol. The summed E-state index contributed by atoms with van der Waals surface area (Å²) in [6.45, 7) is 4.43. The van der Waals surface area contributed by atoms with Crippen LogP contribution in [0, 0.1) is 17.8 Å². The molecule has 0 heterocycles. The van der Waals surface area contributed by atoms with Crippen LogP contribution < -0.4 is 0 Å². The Bertz CT molecular complexity index is 188. The Labute approximate surface area is 81.5 Å². The molecule has 0 amide bonds. The lowest BCUT2D eigenvalue weighted by Gasteiger charge is -2.55. The molecular formula is C12H22O. The Kier molecular flexibility index (Phi) is 2.39. The van der Waals surface area contributed by atoms with Crippen LogP contribution in [0.3, 0.4) is 0 Å². The van der Waals surface area contributed by atoms with Gasteiger partial charge in [-0.1, -0.05) is 26.7 Å². The van der Waals surface area contributed by atoms with Crippen molar-refractivity contribution in [2.75, 3.05) is 0 Å². The highest BCUT2D eigenvalue weighted by Gasteiger charge is 2.52. The van der Waals surface area contributed by atoms with Gasteiger partial charge in [-0.15, -0.1) is 0 Å². The van der Waals surface area contributed by atoms with E-state index < -0.39 is 0 Å². The summed E-state index contributed by atoms with van der Waals surface area (Å²) in [6, 6.07) is 0. The molecule has 0 saturated heterocycles. The van der Waals surface area contributed by atoms with Crippen molar-refractivity contribution in [1.29, 1.82) is 0 Å². The number of fused-ring (bicyclic) bond motifs is 1. The quantitative estimate of drug-likeness (QED) is 0.696. The zero-order valence-corrected chi connectivity index (χ0v) is 8.92. The summed E-state index contributed by atoms with van der Waals surface area (Å²) >= 11 is 0. The standard InChI is InChI=1S/C12H22O/c1-9(2)7-12(13)8-10-5-3-4-6-11(10)12/h9-11,13H,3-8H2,1-2H3. The third-order valence-electron chi connectivity index (χ3n) is 3.98. The molecule has 76 valence electrons. The van der Waals surface area contributed by atoms with Crippen molar-refractivity contribution in [3.63, 3.8) is 0 Å². The SMILES string of the molecule is CC(C)CC1(O)CC2CCCCC21. The van der Waals surface area contributed by atoms with E-state index in [1.807, 2.05) is 0 Å². The second-order valence-electron chi connectivity index (χ2n) is 5.56. The van der Waals surface area contributed by atoms with E-state index in [2.05, 4.69) is 13.8 Å². The van der Waals surface area contributed by atoms with Crippen molar-refractivity contribution in [3.05, 3.63) is 0 Å². The molecule has 2 saturated carbocycles. The van der Waals surface area contributed by atoms with E-state index in [0.717, 1.165) is 18.8 Å². The molecule has 1 heteroatoms. The molecule has 0 radical (unpaired) electrons. The normalized spacial score (nSPS) is 44.3. The summed E-state index contributed by atoms with van der Waals surface area (Å²) in [5.41, 5.74) is -0.265. The molecule has 3 atom stereocenters. The second kappa shape index (κ2) is 3.27. The largest absolute Gasteiger partial charge is 0.390 e. The Morgan fingerprint density at radius 2 is 2.00 bits per heavy atom. The fourth-order valence-corrected chi connectivity index (χ4v) is 3.55. The smallest absolute Gasteiger partial charge is 0.0683 e. The van der Waals surface area contributed by atoms with Crippen molar-refractivity contribution in [2.45, 2.75) is 58.0 Å². The lowest BCUT2D eigenvalue weighted by molar-refractivity contribution is -0.163. The summed E-state index contributed by atoms with van der Waals surface area (Å²) < 4.78 is 0. The van der Waals surface area contributed by atoms with Crippen LogP contribution >= 0.6 is 0 Å². The number of hydrogen-bond acceptors (Lipinski definition) is 1. The molecule has 2 aliphatic carbocycles. The number of rotatable bonds is 2. The molecule has 1 N–H and O–H groups in total. The summed E-state index contributed by atoms with van der Waals surface area (Å²) in [7, 11) is 0. The van der Waals surface area contributed by atoms with Crippen LogP contribution in [-0.4, -0.2) is 10.7 Å². The van der Waals surface area contributed by atoms with Gasteiger partial charge in [0.2, 0.25) is 0 Å². The molecule has 0 aliphatic heterocycles. The van der Waals surface area contributed by atoms with Crippen LogP contribution in [0.25, 0.3) is 0 Å². The first-order valence-corrected chi connectivity index (χ1v) is 5.84. The lowest BCUT2D eigenvalue weighted by Crippen LogP contribution is -2.55. The molecule has 0 aromatic rings. The highest BCUT2D eigenvalue weighted by atomic mass is 16.3. The Morgan fingerprint density at radius 3 is 2.62 bits per heavy atom. The highest BCUT2D eigenvalue weighted by molar-refractivity contribution is 5.03. The van der Waals surface area contributed by atoms with E-state index in [9.17, 15) is 5.11 Å². The van der Waals surface area contributed by atoms with Gasteiger partial charge in [0.15, 0.2) is 0 Å². The van der Waals surface area contributed by atoms with Crippen molar-refractivity contribution in [1.82, 2.24) is 0 Å². The monoisotopic (exact) mass is 182 g/mol. The minimum Gasteiger partial charge on any atom is -0.390 e. The fraction of sp³-hybridized carbons (Fsp3) is 1.00. The minimum atomic E-state index is -0.265. The zero-order chi connectivity index (χ0) is 9.47. The number of aliphatic hydroxyl groups is 1. The summed E-state index contributed by atoms with van der Waals surface area (Å²) in [6.07, 6.45) is 7.53. The maximum atomic E-state index is 10.4. The molecular weight excluding hydrogens is 160 g/mol. The average Bonchev–Trinajstić information content (AvgIpc) is 2.02. The van der Waals surface area contributed by atoms with Gasteiger partial charge < -0.3 is 5.11 Å². The molecule has 0 bridgehead atoms. The van der Waals surface area contributed by atoms with Crippen molar-refractivity contribution in [3.8, 4) is 0 Å². The van der Waals surface area contributed by atoms with E-state index >= 15 is 0 Å². The maximum absolute atomic E-state index is 10.4. The predicted octanol–water partition coefficient (Wildman–Crippen LogP) is 2.97. The molecule has 3 unspecified atom stereocenters. The molecule has 0 aromatic heterocycles. The van der Waals surface area contributed by atoms with Gasteiger partial charge in [0, 0.05) is 0 Å². The summed E-state index contributed by atoms with van der Waals surface area (Å²) in [5.74, 6) is 2.18. The van der Waals surface area contributed by atoms with Gasteiger partial charge in [-0.2, -0.15) is 0 Å². The molecule has 1 nitrogen and oxygen atoms in total. The Morgan fingerprint density at radius 1 is 1.31 bits per heavy atom. The zero-order valence-electron chi connectivity index (χ0n) is 8.92. The van der Waals surface area contributed by atoms with Gasteiger partial charge in [-0.05, 0) is 43.4 Å². The van der Waals surface area contributed by atoms with Crippen molar-refractivity contribution < 1.29 is 5.11 Å². The topological polar surface area (TPSA) is 20.2 Å². The van der Waals surface area contributed by atoms with Crippen molar-refractivity contribution >= 4 is 0 Å². The highest BCUT2D eigenvalue weighted by Crippen LogP contribution is 2.54. The average molecular weight is 182 g/mol. The van der Waals surface area contributed by atoms with Crippen molar-refractivity contribution in [2.24, 2.45) is 17.8 Å².